The van der Waals surface area contributed by atoms with Gasteiger partial charge >= 0.3 is 5.97 Å². The molecule has 1 saturated heterocycles. The molecule has 0 aliphatic carbocycles. The van der Waals surface area contributed by atoms with Crippen LogP contribution in [0.2, 0.25) is 0 Å². The van der Waals surface area contributed by atoms with Crippen LogP contribution in [0.1, 0.15) is 23.1 Å². The SMILES string of the molecule is Cc1cc(C)c(S(=O)(=O)N2CCC(C(=O)O)C2)c(C)c1. The second-order valence-electron chi connectivity index (χ2n) is 5.41. The van der Waals surface area contributed by atoms with E-state index in [2.05, 4.69) is 0 Å². The number of carboxylic acids is 1. The number of benzene rings is 1. The van der Waals surface area contributed by atoms with E-state index in [4.69, 9.17) is 5.11 Å². The van der Waals surface area contributed by atoms with Crippen molar-refractivity contribution in [2.45, 2.75) is 32.1 Å². The molecule has 1 aromatic rings. The number of aryl methyl sites for hydroxylation is 3. The average Bonchev–Trinajstić information content (AvgIpc) is 2.76. The van der Waals surface area contributed by atoms with Gasteiger partial charge in [0.05, 0.1) is 10.8 Å². The maximum atomic E-state index is 12.7. The second kappa shape index (κ2) is 5.18. The molecular weight excluding hydrogens is 278 g/mol. The van der Waals surface area contributed by atoms with Crippen LogP contribution in [0.4, 0.5) is 0 Å². The second-order valence-corrected chi connectivity index (χ2v) is 7.29. The Morgan fingerprint density at radius 1 is 1.25 bits per heavy atom. The molecular formula is C14H19NO4S. The van der Waals surface area contributed by atoms with Crippen LogP contribution in [0, 0.1) is 26.7 Å². The van der Waals surface area contributed by atoms with Gasteiger partial charge in [0, 0.05) is 13.1 Å². The molecule has 2 rings (SSSR count). The number of rotatable bonds is 3. The van der Waals surface area contributed by atoms with Crippen LogP contribution in [0.3, 0.4) is 0 Å². The molecule has 1 heterocycles. The van der Waals surface area contributed by atoms with Gasteiger partial charge in [0.15, 0.2) is 0 Å². The molecule has 1 N–H and O–H groups in total. The summed E-state index contributed by atoms with van der Waals surface area (Å²) in [6.45, 7) is 5.80. The van der Waals surface area contributed by atoms with Gasteiger partial charge in [0.2, 0.25) is 10.0 Å². The predicted octanol–water partition coefficient (Wildman–Crippen LogP) is 1.71. The monoisotopic (exact) mass is 297 g/mol. The first-order chi connectivity index (χ1) is 9.23. The summed E-state index contributed by atoms with van der Waals surface area (Å²) in [6, 6.07) is 3.68. The molecule has 110 valence electrons. The highest BCUT2D eigenvalue weighted by Gasteiger charge is 2.37. The van der Waals surface area contributed by atoms with Crippen LogP contribution in [0.15, 0.2) is 17.0 Å². The number of hydrogen-bond acceptors (Lipinski definition) is 3. The Kier molecular flexibility index (Phi) is 3.88. The number of carbonyl (C=O) groups is 1. The highest BCUT2D eigenvalue weighted by molar-refractivity contribution is 7.89. The molecule has 20 heavy (non-hydrogen) atoms. The average molecular weight is 297 g/mol. The summed E-state index contributed by atoms with van der Waals surface area (Å²) in [5, 5.41) is 8.99. The highest BCUT2D eigenvalue weighted by Crippen LogP contribution is 2.29. The lowest BCUT2D eigenvalue weighted by Crippen LogP contribution is -2.31. The van der Waals surface area contributed by atoms with Crippen LogP contribution >= 0.6 is 0 Å². The summed E-state index contributed by atoms with van der Waals surface area (Å²) >= 11 is 0. The summed E-state index contributed by atoms with van der Waals surface area (Å²) in [4.78, 5) is 11.3. The van der Waals surface area contributed by atoms with Gasteiger partial charge in [-0.3, -0.25) is 4.79 Å². The molecule has 0 bridgehead atoms. The number of sulfonamides is 1. The smallest absolute Gasteiger partial charge is 0.307 e. The van der Waals surface area contributed by atoms with Crippen molar-refractivity contribution in [3.63, 3.8) is 0 Å². The van der Waals surface area contributed by atoms with E-state index in [0.29, 0.717) is 22.4 Å². The minimum absolute atomic E-state index is 0.0599. The number of carboxylic acid groups (broad SMARTS) is 1. The molecule has 1 unspecified atom stereocenters. The summed E-state index contributed by atoms with van der Waals surface area (Å²) in [7, 11) is -3.61. The van der Waals surface area contributed by atoms with Gasteiger partial charge in [-0.15, -0.1) is 0 Å². The third kappa shape index (κ3) is 2.58. The van der Waals surface area contributed by atoms with E-state index < -0.39 is 21.9 Å². The highest BCUT2D eigenvalue weighted by atomic mass is 32.2. The Hall–Kier alpha value is -1.40. The van der Waals surface area contributed by atoms with E-state index in [0.717, 1.165) is 5.56 Å². The van der Waals surface area contributed by atoms with Crippen molar-refractivity contribution in [2.75, 3.05) is 13.1 Å². The van der Waals surface area contributed by atoms with Crippen LogP contribution < -0.4 is 0 Å². The van der Waals surface area contributed by atoms with Gasteiger partial charge in [-0.1, -0.05) is 17.7 Å². The van der Waals surface area contributed by atoms with Gasteiger partial charge in [-0.05, 0) is 38.3 Å². The zero-order valence-corrected chi connectivity index (χ0v) is 12.7. The van der Waals surface area contributed by atoms with E-state index in [-0.39, 0.29) is 13.1 Å². The topological polar surface area (TPSA) is 74.7 Å². The standard InChI is InChI=1S/C14H19NO4S/c1-9-6-10(2)13(11(3)7-9)20(18,19)15-5-4-12(8-15)14(16)17/h6-7,12H,4-5,8H2,1-3H3,(H,16,17). The number of nitrogens with zero attached hydrogens (tertiary/aromatic N) is 1. The van der Waals surface area contributed by atoms with Gasteiger partial charge in [-0.2, -0.15) is 4.31 Å². The molecule has 1 aliphatic rings. The van der Waals surface area contributed by atoms with Gasteiger partial charge < -0.3 is 5.11 Å². The van der Waals surface area contributed by atoms with E-state index >= 15 is 0 Å². The molecule has 1 fully saturated rings. The molecule has 0 amide bonds. The van der Waals surface area contributed by atoms with Crippen LogP contribution in [-0.4, -0.2) is 36.9 Å². The lowest BCUT2D eigenvalue weighted by molar-refractivity contribution is -0.141. The maximum Gasteiger partial charge on any atom is 0.307 e. The Morgan fingerprint density at radius 3 is 2.25 bits per heavy atom. The van der Waals surface area contributed by atoms with Gasteiger partial charge in [0.25, 0.3) is 0 Å². The molecule has 0 spiro atoms. The minimum atomic E-state index is -3.61. The van der Waals surface area contributed by atoms with Crippen molar-refractivity contribution < 1.29 is 18.3 Å². The van der Waals surface area contributed by atoms with Crippen LogP contribution in [0.5, 0.6) is 0 Å². The normalized spacial score (nSPS) is 20.2. The lowest BCUT2D eigenvalue weighted by Gasteiger charge is -2.19. The van der Waals surface area contributed by atoms with E-state index in [1.54, 1.807) is 13.8 Å². The quantitative estimate of drug-likeness (QED) is 0.921. The third-order valence-electron chi connectivity index (χ3n) is 3.70. The summed E-state index contributed by atoms with van der Waals surface area (Å²) in [5.74, 6) is -1.53. The number of aliphatic carboxylic acids is 1. The first-order valence-electron chi connectivity index (χ1n) is 6.54. The Bertz CT molecular complexity index is 628. The summed E-state index contributed by atoms with van der Waals surface area (Å²) in [6.07, 6.45) is 0.374. The van der Waals surface area contributed by atoms with Crippen molar-refractivity contribution in [1.82, 2.24) is 4.31 Å². The fraction of sp³-hybridized carbons (Fsp3) is 0.500. The zero-order chi connectivity index (χ0) is 15.1. The lowest BCUT2D eigenvalue weighted by atomic mass is 10.1. The Labute approximate surface area is 119 Å². The fourth-order valence-electron chi connectivity index (χ4n) is 2.85. The van der Waals surface area contributed by atoms with Crippen LogP contribution in [0.25, 0.3) is 0 Å². The Balaban J connectivity index is 2.40. The molecule has 1 aromatic carbocycles. The van der Waals surface area contributed by atoms with Crippen LogP contribution in [-0.2, 0) is 14.8 Å². The van der Waals surface area contributed by atoms with Crippen molar-refractivity contribution in [1.29, 1.82) is 0 Å². The summed E-state index contributed by atoms with van der Waals surface area (Å²) in [5.41, 5.74) is 2.44. The van der Waals surface area contributed by atoms with Crippen molar-refractivity contribution >= 4 is 16.0 Å². The maximum absolute atomic E-state index is 12.7. The minimum Gasteiger partial charge on any atom is -0.481 e. The molecule has 0 aromatic heterocycles. The van der Waals surface area contributed by atoms with Crippen molar-refractivity contribution in [3.05, 3.63) is 28.8 Å². The third-order valence-corrected chi connectivity index (χ3v) is 5.87. The first kappa shape index (κ1) is 15.0. The molecule has 0 saturated carbocycles. The van der Waals surface area contributed by atoms with Crippen molar-refractivity contribution in [3.8, 4) is 0 Å². The summed E-state index contributed by atoms with van der Waals surface area (Å²) < 4.78 is 26.7. The Morgan fingerprint density at radius 2 is 1.80 bits per heavy atom. The van der Waals surface area contributed by atoms with Crippen molar-refractivity contribution in [2.24, 2.45) is 5.92 Å². The van der Waals surface area contributed by atoms with E-state index in [1.165, 1.54) is 4.31 Å². The molecule has 6 heteroatoms. The zero-order valence-electron chi connectivity index (χ0n) is 11.9. The first-order valence-corrected chi connectivity index (χ1v) is 7.98. The van der Waals surface area contributed by atoms with Gasteiger partial charge in [-0.25, -0.2) is 8.42 Å². The predicted molar refractivity (Wildman–Crippen MR) is 75.2 cm³/mol. The molecule has 1 atom stereocenters. The molecule has 5 nitrogen and oxygen atoms in total. The van der Waals surface area contributed by atoms with E-state index in [9.17, 15) is 13.2 Å². The molecule has 0 radical (unpaired) electrons. The largest absolute Gasteiger partial charge is 0.481 e. The van der Waals surface area contributed by atoms with Gasteiger partial charge in [0.1, 0.15) is 0 Å². The van der Waals surface area contributed by atoms with E-state index in [1.807, 2.05) is 19.1 Å². The number of hydrogen-bond donors (Lipinski definition) is 1. The fourth-order valence-corrected chi connectivity index (χ4v) is 4.76. The molecule has 1 aliphatic heterocycles.